The van der Waals surface area contributed by atoms with Crippen LogP contribution < -0.4 is 4.74 Å². The predicted molar refractivity (Wildman–Crippen MR) is 82.3 cm³/mol. The van der Waals surface area contributed by atoms with Gasteiger partial charge in [0.2, 0.25) is 0 Å². The van der Waals surface area contributed by atoms with Gasteiger partial charge in [-0.2, -0.15) is 0 Å². The van der Waals surface area contributed by atoms with E-state index < -0.39 is 0 Å². The number of ether oxygens (including phenoxy) is 2. The fourth-order valence-corrected chi connectivity index (χ4v) is 3.04. The lowest BCUT2D eigenvalue weighted by Gasteiger charge is -2.35. The quantitative estimate of drug-likeness (QED) is 0.747. The summed E-state index contributed by atoms with van der Waals surface area (Å²) in [5, 5.41) is 0.979. The van der Waals surface area contributed by atoms with Gasteiger partial charge in [-0.05, 0) is 36.5 Å². The van der Waals surface area contributed by atoms with Crippen LogP contribution in [0.5, 0.6) is 5.75 Å². The summed E-state index contributed by atoms with van der Waals surface area (Å²) in [5.74, 6) is 1.52. The van der Waals surface area contributed by atoms with Crippen LogP contribution in [0.2, 0.25) is 0 Å². The molecule has 1 fully saturated rings. The molecule has 0 amide bonds. The molecule has 0 unspecified atom stereocenters. The van der Waals surface area contributed by atoms with E-state index in [1.54, 1.807) is 0 Å². The topological polar surface area (TPSA) is 18.5 Å². The highest BCUT2D eigenvalue weighted by atomic mass is 79.9. The van der Waals surface area contributed by atoms with E-state index in [1.165, 1.54) is 5.56 Å². The molecule has 0 aliphatic carbocycles. The summed E-state index contributed by atoms with van der Waals surface area (Å²) in [6, 6.07) is 8.45. The monoisotopic (exact) mass is 326 g/mol. The molecule has 1 heterocycles. The van der Waals surface area contributed by atoms with Crippen molar-refractivity contribution in [2.75, 3.05) is 25.2 Å². The lowest BCUT2D eigenvalue weighted by molar-refractivity contribution is 0.00353. The molecule has 0 bridgehead atoms. The fourth-order valence-electron chi connectivity index (χ4n) is 2.32. The predicted octanol–water partition coefficient (Wildman–Crippen LogP) is 4.38. The van der Waals surface area contributed by atoms with E-state index in [2.05, 4.69) is 48.0 Å². The van der Waals surface area contributed by atoms with E-state index in [1.807, 2.05) is 6.07 Å². The minimum Gasteiger partial charge on any atom is -0.493 e. The molecule has 0 saturated carbocycles. The number of benzene rings is 1. The van der Waals surface area contributed by atoms with Crippen molar-refractivity contribution in [1.82, 2.24) is 0 Å². The molecule has 1 aliphatic heterocycles. The summed E-state index contributed by atoms with van der Waals surface area (Å²) < 4.78 is 11.5. The van der Waals surface area contributed by atoms with Crippen molar-refractivity contribution in [3.8, 4) is 5.75 Å². The highest BCUT2D eigenvalue weighted by Gasteiger charge is 2.32. The highest BCUT2D eigenvalue weighted by Crippen LogP contribution is 2.33. The van der Waals surface area contributed by atoms with Gasteiger partial charge in [-0.3, -0.25) is 0 Å². The van der Waals surface area contributed by atoms with Gasteiger partial charge < -0.3 is 9.47 Å². The Balaban J connectivity index is 1.99. The molecule has 3 heteroatoms. The summed E-state index contributed by atoms with van der Waals surface area (Å²) in [7, 11) is 0. The first kappa shape index (κ1) is 14.9. The second kappa shape index (κ2) is 6.76. The Morgan fingerprint density at radius 1 is 1.32 bits per heavy atom. The average Bonchev–Trinajstić information content (AvgIpc) is 2.46. The summed E-state index contributed by atoms with van der Waals surface area (Å²) in [5.41, 5.74) is 1.56. The van der Waals surface area contributed by atoms with E-state index in [-0.39, 0.29) is 5.41 Å². The fraction of sp³-hybridized carbons (Fsp3) is 0.625. The minimum absolute atomic E-state index is 0.228. The third-order valence-corrected chi connectivity index (χ3v) is 5.10. The van der Waals surface area contributed by atoms with Crippen molar-refractivity contribution in [3.05, 3.63) is 29.8 Å². The Hall–Kier alpha value is -0.540. The Kier molecular flexibility index (Phi) is 5.28. The molecule has 0 N–H and O–H groups in total. The highest BCUT2D eigenvalue weighted by molar-refractivity contribution is 9.09. The standard InChI is InChI=1S/C16H23BrO2/c1-13(2)14-4-3-5-15(10-14)19-12-16(11-17)6-8-18-9-7-16/h3-5,10,13H,6-9,11-12H2,1-2H3. The van der Waals surface area contributed by atoms with Crippen molar-refractivity contribution in [3.63, 3.8) is 0 Å². The van der Waals surface area contributed by atoms with Gasteiger partial charge in [-0.25, -0.2) is 0 Å². The van der Waals surface area contributed by atoms with Crippen molar-refractivity contribution >= 4 is 15.9 Å². The van der Waals surface area contributed by atoms with Crippen LogP contribution >= 0.6 is 15.9 Å². The minimum atomic E-state index is 0.228. The Morgan fingerprint density at radius 3 is 2.68 bits per heavy atom. The summed E-state index contributed by atoms with van der Waals surface area (Å²) in [6.07, 6.45) is 2.14. The maximum atomic E-state index is 6.04. The molecule has 1 aliphatic rings. The molecule has 1 saturated heterocycles. The van der Waals surface area contributed by atoms with E-state index in [4.69, 9.17) is 9.47 Å². The van der Waals surface area contributed by atoms with Gasteiger partial charge in [0.05, 0.1) is 6.61 Å². The molecule has 0 spiro atoms. The number of halogens is 1. The van der Waals surface area contributed by atoms with Crippen LogP contribution in [0.4, 0.5) is 0 Å². The van der Waals surface area contributed by atoms with Crippen LogP contribution in [0.3, 0.4) is 0 Å². The first-order chi connectivity index (χ1) is 9.15. The van der Waals surface area contributed by atoms with Gasteiger partial charge in [0.1, 0.15) is 5.75 Å². The van der Waals surface area contributed by atoms with Crippen LogP contribution in [-0.4, -0.2) is 25.2 Å². The molecule has 2 nitrogen and oxygen atoms in total. The normalized spacial score (nSPS) is 18.5. The largest absolute Gasteiger partial charge is 0.493 e. The van der Waals surface area contributed by atoms with Crippen LogP contribution in [0.1, 0.15) is 38.2 Å². The maximum Gasteiger partial charge on any atom is 0.119 e. The lowest BCUT2D eigenvalue weighted by atomic mass is 9.83. The molecular formula is C16H23BrO2. The van der Waals surface area contributed by atoms with Crippen molar-refractivity contribution in [1.29, 1.82) is 0 Å². The van der Waals surface area contributed by atoms with E-state index >= 15 is 0 Å². The zero-order chi connectivity index (χ0) is 13.7. The van der Waals surface area contributed by atoms with Gasteiger partial charge in [0.25, 0.3) is 0 Å². The number of hydrogen-bond acceptors (Lipinski definition) is 2. The third kappa shape index (κ3) is 3.96. The van der Waals surface area contributed by atoms with Crippen molar-refractivity contribution in [2.24, 2.45) is 5.41 Å². The Labute approximate surface area is 124 Å². The Morgan fingerprint density at radius 2 is 2.05 bits per heavy atom. The van der Waals surface area contributed by atoms with E-state index in [9.17, 15) is 0 Å². The second-order valence-corrected chi connectivity index (χ2v) is 6.32. The number of alkyl halides is 1. The van der Waals surface area contributed by atoms with Crippen LogP contribution in [0.25, 0.3) is 0 Å². The molecule has 106 valence electrons. The molecule has 0 aromatic heterocycles. The van der Waals surface area contributed by atoms with Gasteiger partial charge in [0.15, 0.2) is 0 Å². The zero-order valence-corrected chi connectivity index (χ0v) is 13.4. The smallest absolute Gasteiger partial charge is 0.119 e. The number of rotatable bonds is 5. The average molecular weight is 327 g/mol. The number of hydrogen-bond donors (Lipinski definition) is 0. The van der Waals surface area contributed by atoms with Gasteiger partial charge >= 0.3 is 0 Å². The summed E-state index contributed by atoms with van der Waals surface area (Å²) >= 11 is 3.64. The van der Waals surface area contributed by atoms with Crippen LogP contribution in [-0.2, 0) is 4.74 Å². The lowest BCUT2D eigenvalue weighted by Crippen LogP contribution is -2.36. The maximum absolute atomic E-state index is 6.04. The van der Waals surface area contributed by atoms with Crippen LogP contribution in [0, 0.1) is 5.41 Å². The first-order valence-electron chi connectivity index (χ1n) is 7.02. The first-order valence-corrected chi connectivity index (χ1v) is 8.14. The van der Waals surface area contributed by atoms with Crippen LogP contribution in [0.15, 0.2) is 24.3 Å². The molecule has 1 aromatic carbocycles. The van der Waals surface area contributed by atoms with Gasteiger partial charge in [-0.15, -0.1) is 0 Å². The summed E-state index contributed by atoms with van der Waals surface area (Å²) in [4.78, 5) is 0. The summed E-state index contributed by atoms with van der Waals surface area (Å²) in [6.45, 7) is 6.88. The van der Waals surface area contributed by atoms with Crippen molar-refractivity contribution < 1.29 is 9.47 Å². The molecule has 1 aromatic rings. The molecule has 0 atom stereocenters. The molecular weight excluding hydrogens is 304 g/mol. The van der Waals surface area contributed by atoms with Gasteiger partial charge in [0, 0.05) is 24.0 Å². The third-order valence-electron chi connectivity index (χ3n) is 3.91. The van der Waals surface area contributed by atoms with Gasteiger partial charge in [-0.1, -0.05) is 41.9 Å². The molecule has 0 radical (unpaired) electrons. The van der Waals surface area contributed by atoms with E-state index in [0.717, 1.165) is 43.7 Å². The van der Waals surface area contributed by atoms with E-state index in [0.29, 0.717) is 5.92 Å². The SMILES string of the molecule is CC(C)c1cccc(OCC2(CBr)CCOCC2)c1. The molecule has 2 rings (SSSR count). The zero-order valence-electron chi connectivity index (χ0n) is 11.8. The second-order valence-electron chi connectivity index (χ2n) is 5.76. The van der Waals surface area contributed by atoms with Crippen molar-refractivity contribution in [2.45, 2.75) is 32.6 Å². The molecule has 19 heavy (non-hydrogen) atoms. The Bertz CT molecular complexity index is 397.